The van der Waals surface area contributed by atoms with Crippen molar-refractivity contribution in [3.05, 3.63) is 45.5 Å². The molecule has 0 aromatic heterocycles. The molecule has 10 heteroatoms. The number of carbonyl (C=O) groups excluding carboxylic acids is 1. The largest absolute Gasteiger partial charge is 0.460 e. The van der Waals surface area contributed by atoms with Gasteiger partial charge in [0.05, 0.1) is 11.5 Å². The summed E-state index contributed by atoms with van der Waals surface area (Å²) < 4.78 is 119. The maximum atomic E-state index is 14.1. The van der Waals surface area contributed by atoms with E-state index in [1.165, 1.54) is 13.8 Å². The first kappa shape index (κ1) is 17.3. The van der Waals surface area contributed by atoms with Gasteiger partial charge in [-0.05, 0) is 18.2 Å². The predicted octanol–water partition coefficient (Wildman–Crippen LogP) is 5.55. The van der Waals surface area contributed by atoms with Crippen molar-refractivity contribution in [3.8, 4) is 0 Å². The zero-order chi connectivity index (χ0) is 23.4. The SMILES string of the molecule is [2H][13C]([2H])([2H])c1c(F)c(F)c(COC(=O)[C@@H]2[C@H](/C=C(\Cl)C(F)(F)F)C2(C)C)c(F)c1F. The van der Waals surface area contributed by atoms with Crippen LogP contribution in [0.3, 0.4) is 0 Å². The molecule has 2 rings (SSSR count). The average molecular weight is 423 g/mol. The Bertz CT molecular complexity index is 881. The molecule has 0 unspecified atom stereocenters. The fourth-order valence-corrected chi connectivity index (χ4v) is 2.86. The van der Waals surface area contributed by atoms with E-state index in [1.807, 2.05) is 0 Å². The zero-order valence-electron chi connectivity index (χ0n) is 16.8. The Hall–Kier alpha value is -1.77. The van der Waals surface area contributed by atoms with Crippen LogP contribution in [0.25, 0.3) is 0 Å². The Kier molecular flexibility index (Phi) is 4.49. The topological polar surface area (TPSA) is 26.3 Å². The summed E-state index contributed by atoms with van der Waals surface area (Å²) in [5, 5.41) is -1.46. The lowest BCUT2D eigenvalue weighted by atomic mass is 10.1. The maximum absolute atomic E-state index is 14.1. The summed E-state index contributed by atoms with van der Waals surface area (Å²) in [6.07, 6.45) is -4.22. The van der Waals surface area contributed by atoms with Gasteiger partial charge in [0.25, 0.3) is 0 Å². The second-order valence-electron chi connectivity index (χ2n) is 6.55. The molecule has 27 heavy (non-hydrogen) atoms. The quantitative estimate of drug-likeness (QED) is 0.275. The molecule has 1 aromatic rings. The Labute approximate surface area is 159 Å². The lowest BCUT2D eigenvalue weighted by Gasteiger charge is -2.10. The number of benzene rings is 1. The molecule has 1 aliphatic rings. The van der Waals surface area contributed by atoms with Crippen LogP contribution >= 0.6 is 11.6 Å². The average Bonchev–Trinajstić information content (AvgIpc) is 3.11. The molecule has 2 nitrogen and oxygen atoms in total. The number of alkyl halides is 3. The third-order valence-corrected chi connectivity index (χ3v) is 4.81. The number of allylic oxidation sites excluding steroid dienone is 2. The van der Waals surface area contributed by atoms with Gasteiger partial charge >= 0.3 is 12.1 Å². The van der Waals surface area contributed by atoms with Gasteiger partial charge in [-0.2, -0.15) is 13.2 Å². The van der Waals surface area contributed by atoms with E-state index in [0.29, 0.717) is 6.08 Å². The van der Waals surface area contributed by atoms with Gasteiger partial charge in [-0.3, -0.25) is 4.79 Å². The van der Waals surface area contributed by atoms with Crippen molar-refractivity contribution in [1.82, 2.24) is 0 Å². The van der Waals surface area contributed by atoms with Gasteiger partial charge in [0, 0.05) is 9.68 Å². The molecule has 0 aliphatic heterocycles. The van der Waals surface area contributed by atoms with Crippen molar-refractivity contribution < 1.29 is 44.4 Å². The molecular weight excluding hydrogens is 406 g/mol. The Balaban J connectivity index is 2.24. The van der Waals surface area contributed by atoms with Gasteiger partial charge in [-0.15, -0.1) is 0 Å². The van der Waals surface area contributed by atoms with Gasteiger partial charge < -0.3 is 4.74 Å². The molecule has 1 aliphatic carbocycles. The summed E-state index contributed by atoms with van der Waals surface area (Å²) in [5.74, 6) is -11.8. The number of hydrogen-bond acceptors (Lipinski definition) is 2. The number of rotatable bonds is 4. The molecular formula is C17H14ClF7O2. The maximum Gasteiger partial charge on any atom is 0.426 e. The number of carbonyl (C=O) groups is 1. The molecule has 0 N–H and O–H groups in total. The number of halogens is 8. The normalized spacial score (nSPS) is 24.1. The summed E-state index contributed by atoms with van der Waals surface area (Å²) in [4.78, 5) is 12.2. The Morgan fingerprint density at radius 1 is 1.19 bits per heavy atom. The molecule has 0 bridgehead atoms. The highest BCUT2D eigenvalue weighted by atomic mass is 35.5. The smallest absolute Gasteiger partial charge is 0.426 e. The molecule has 1 saturated carbocycles. The molecule has 0 amide bonds. The van der Waals surface area contributed by atoms with Crippen LogP contribution in [0, 0.1) is 47.4 Å². The summed E-state index contributed by atoms with van der Waals surface area (Å²) in [6, 6.07) is 0. The third kappa shape index (κ3) is 3.93. The fraction of sp³-hybridized carbons (Fsp3) is 0.471. The number of hydrogen-bond donors (Lipinski definition) is 0. The van der Waals surface area contributed by atoms with Crippen molar-refractivity contribution in [2.45, 2.75) is 33.5 Å². The van der Waals surface area contributed by atoms with Crippen molar-refractivity contribution >= 4 is 17.6 Å². The van der Waals surface area contributed by atoms with Crippen molar-refractivity contribution in [1.29, 1.82) is 0 Å². The Morgan fingerprint density at radius 3 is 2.15 bits per heavy atom. The summed E-state index contributed by atoms with van der Waals surface area (Å²) in [5.41, 5.74) is -4.19. The van der Waals surface area contributed by atoms with Crippen molar-refractivity contribution in [2.75, 3.05) is 0 Å². The van der Waals surface area contributed by atoms with Crippen LogP contribution in [0.15, 0.2) is 11.1 Å². The molecule has 150 valence electrons. The molecule has 0 saturated heterocycles. The van der Waals surface area contributed by atoms with Crippen LogP contribution in [0.1, 0.15) is 29.1 Å². The van der Waals surface area contributed by atoms with Crippen LogP contribution in [-0.2, 0) is 16.1 Å². The first-order valence-electron chi connectivity index (χ1n) is 8.88. The highest BCUT2D eigenvalue weighted by Gasteiger charge is 2.62. The summed E-state index contributed by atoms with van der Waals surface area (Å²) in [7, 11) is 0. The van der Waals surface area contributed by atoms with E-state index in [9.17, 15) is 35.5 Å². The first-order chi connectivity index (χ1) is 13.4. The molecule has 0 spiro atoms. The molecule has 0 heterocycles. The number of ether oxygens (including phenoxy) is 1. The van der Waals surface area contributed by atoms with Gasteiger partial charge in [-0.25, -0.2) is 17.6 Å². The van der Waals surface area contributed by atoms with E-state index < -0.39 is 82.3 Å². The van der Waals surface area contributed by atoms with Crippen molar-refractivity contribution in [3.63, 3.8) is 0 Å². The van der Waals surface area contributed by atoms with Gasteiger partial charge in [0.1, 0.15) is 11.6 Å². The van der Waals surface area contributed by atoms with E-state index in [1.54, 1.807) is 0 Å². The molecule has 2 atom stereocenters. The van der Waals surface area contributed by atoms with E-state index >= 15 is 0 Å². The monoisotopic (exact) mass is 422 g/mol. The van der Waals surface area contributed by atoms with Crippen LogP contribution < -0.4 is 0 Å². The second kappa shape index (κ2) is 7.00. The molecule has 1 fully saturated rings. The lowest BCUT2D eigenvalue weighted by molar-refractivity contribution is -0.147. The van der Waals surface area contributed by atoms with Crippen LogP contribution in [0.4, 0.5) is 30.7 Å². The lowest BCUT2D eigenvalue weighted by Crippen LogP contribution is -2.14. The second-order valence-corrected chi connectivity index (χ2v) is 6.96. The van der Waals surface area contributed by atoms with E-state index in [0.717, 1.165) is 0 Å². The van der Waals surface area contributed by atoms with Crippen LogP contribution in [0.2, 0.25) is 0 Å². The minimum Gasteiger partial charge on any atom is -0.460 e. The molecule has 0 radical (unpaired) electrons. The van der Waals surface area contributed by atoms with Gasteiger partial charge in [0.15, 0.2) is 23.3 Å². The summed E-state index contributed by atoms with van der Waals surface area (Å²) in [6.45, 7) is -1.94. The molecule has 1 aromatic carbocycles. The summed E-state index contributed by atoms with van der Waals surface area (Å²) >= 11 is 5.15. The van der Waals surface area contributed by atoms with Gasteiger partial charge in [-0.1, -0.05) is 31.5 Å². The van der Waals surface area contributed by atoms with E-state index in [2.05, 4.69) is 4.74 Å². The van der Waals surface area contributed by atoms with Crippen LogP contribution in [-0.4, -0.2) is 12.1 Å². The predicted molar refractivity (Wildman–Crippen MR) is 81.6 cm³/mol. The van der Waals surface area contributed by atoms with Gasteiger partial charge in [0.2, 0.25) is 0 Å². The first-order valence-corrected chi connectivity index (χ1v) is 7.76. The standard InChI is InChI=1S/C17H14ClF7O2/c1-6-11(19)13(21)7(14(22)12(6)20)5-27-15(26)10-8(16(10,2)3)4-9(18)17(23,24)25/h4,8,10H,5H2,1-3H3/b9-4-/t8-,10-/m0/s1/i1+1D3. The van der Waals surface area contributed by atoms with E-state index in [-0.39, 0.29) is 0 Å². The van der Waals surface area contributed by atoms with Crippen molar-refractivity contribution in [2.24, 2.45) is 17.3 Å². The Morgan fingerprint density at radius 2 is 1.70 bits per heavy atom. The van der Waals surface area contributed by atoms with E-state index in [4.69, 9.17) is 15.7 Å². The minimum absolute atomic E-state index is 0.610. The highest BCUT2D eigenvalue weighted by Crippen LogP contribution is 2.60. The third-order valence-electron chi connectivity index (χ3n) is 4.47. The minimum atomic E-state index is -4.83. The zero-order valence-corrected chi connectivity index (χ0v) is 14.5. The van der Waals surface area contributed by atoms with Crippen LogP contribution in [0.5, 0.6) is 0 Å². The fourth-order valence-electron chi connectivity index (χ4n) is 2.73. The highest BCUT2D eigenvalue weighted by molar-refractivity contribution is 6.30. The number of esters is 1.